The van der Waals surface area contributed by atoms with Gasteiger partial charge in [-0.05, 0) is 96.7 Å². The Morgan fingerprint density at radius 2 is 1.64 bits per heavy atom. The summed E-state index contributed by atoms with van der Waals surface area (Å²) in [6.45, 7) is -0.574. The zero-order valence-corrected chi connectivity index (χ0v) is 16.5. The van der Waals surface area contributed by atoms with Crippen LogP contribution in [0.1, 0.15) is 59.9 Å². The highest BCUT2D eigenvalue weighted by molar-refractivity contribution is 5.46. The maximum absolute atomic E-state index is 12.3. The molecule has 2 aliphatic carbocycles. The second-order valence-corrected chi connectivity index (χ2v) is 8.07. The molecule has 0 fully saturated rings. The Kier molecular flexibility index (Phi) is 5.79. The Morgan fingerprint density at radius 3 is 2.32 bits per heavy atom. The number of alkyl halides is 2. The fourth-order valence-electron chi connectivity index (χ4n) is 4.89. The minimum absolute atomic E-state index is 0.232. The molecule has 0 amide bonds. The van der Waals surface area contributed by atoms with E-state index in [2.05, 4.69) is 35.9 Å². The molecule has 0 radical (unpaired) electrons. The van der Waals surface area contributed by atoms with Gasteiger partial charge < -0.3 is 4.74 Å². The van der Waals surface area contributed by atoms with Gasteiger partial charge in [0.2, 0.25) is 0 Å². The number of hydrogen-bond acceptors (Lipinski definition) is 1. The molecule has 0 aromatic heterocycles. The van der Waals surface area contributed by atoms with E-state index in [4.69, 9.17) is 0 Å². The summed E-state index contributed by atoms with van der Waals surface area (Å²) in [7, 11) is 0. The molecule has 2 aliphatic rings. The molecule has 0 saturated heterocycles. The lowest BCUT2D eigenvalue weighted by atomic mass is 9.74. The second kappa shape index (κ2) is 8.46. The first-order valence-corrected chi connectivity index (χ1v) is 10.5. The van der Waals surface area contributed by atoms with Crippen molar-refractivity contribution in [3.8, 4) is 5.75 Å². The van der Waals surface area contributed by atoms with E-state index in [1.54, 1.807) is 28.8 Å². The van der Waals surface area contributed by atoms with Gasteiger partial charge in [-0.3, -0.25) is 0 Å². The lowest BCUT2D eigenvalue weighted by Crippen LogP contribution is -2.20. The van der Waals surface area contributed by atoms with Crippen LogP contribution in [0.2, 0.25) is 0 Å². The number of ether oxygens (including phenoxy) is 1. The first-order valence-electron chi connectivity index (χ1n) is 10.5. The maximum atomic E-state index is 12.3. The molecule has 2 aromatic rings. The summed E-state index contributed by atoms with van der Waals surface area (Å²) in [4.78, 5) is 0. The zero-order chi connectivity index (χ0) is 19.5. The molecule has 3 heteroatoms. The molecule has 2 aromatic carbocycles. The number of benzene rings is 2. The van der Waals surface area contributed by atoms with E-state index in [-0.39, 0.29) is 5.75 Å². The van der Waals surface area contributed by atoms with Crippen molar-refractivity contribution in [1.29, 1.82) is 0 Å². The topological polar surface area (TPSA) is 9.23 Å². The van der Waals surface area contributed by atoms with Crippen molar-refractivity contribution in [2.45, 2.75) is 64.4 Å². The quantitative estimate of drug-likeness (QED) is 0.527. The van der Waals surface area contributed by atoms with Crippen LogP contribution >= 0.6 is 0 Å². The molecule has 0 spiro atoms. The van der Waals surface area contributed by atoms with Crippen molar-refractivity contribution in [2.24, 2.45) is 5.92 Å². The standard InChI is InChI=1S/C25H28F2O/c1-2-3-4-17-5-13-23-20(15-17)6-7-21-16-19(10-14-24(21)23)18-8-11-22(12-9-18)28-25(26)27/h3-4,6-9,11-12,17,19,25H,2,5,10,13-16H2,1H3/t17-,19-/m0/s1. The number of halogens is 2. The molecular weight excluding hydrogens is 354 g/mol. The zero-order valence-electron chi connectivity index (χ0n) is 16.5. The fourth-order valence-corrected chi connectivity index (χ4v) is 4.89. The lowest BCUT2D eigenvalue weighted by Gasteiger charge is -2.31. The summed E-state index contributed by atoms with van der Waals surface area (Å²) in [5.74, 6) is 1.38. The van der Waals surface area contributed by atoms with Crippen molar-refractivity contribution in [3.63, 3.8) is 0 Å². The van der Waals surface area contributed by atoms with Gasteiger partial charge in [-0.2, -0.15) is 8.78 Å². The van der Waals surface area contributed by atoms with E-state index < -0.39 is 6.61 Å². The molecule has 1 nitrogen and oxygen atoms in total. The van der Waals surface area contributed by atoms with Crippen LogP contribution in [0.5, 0.6) is 5.75 Å². The van der Waals surface area contributed by atoms with Crippen molar-refractivity contribution in [2.75, 3.05) is 0 Å². The maximum Gasteiger partial charge on any atom is 0.387 e. The fraction of sp³-hybridized carbons (Fsp3) is 0.440. The van der Waals surface area contributed by atoms with Gasteiger partial charge in [0.25, 0.3) is 0 Å². The normalized spacial score (nSPS) is 21.6. The Balaban J connectivity index is 1.49. The number of allylic oxidation sites excluding steroid dienone is 2. The van der Waals surface area contributed by atoms with Gasteiger partial charge in [0.15, 0.2) is 0 Å². The summed E-state index contributed by atoms with van der Waals surface area (Å²) < 4.78 is 29.1. The number of rotatable bonds is 5. The first kappa shape index (κ1) is 19.2. The average Bonchev–Trinajstić information content (AvgIpc) is 2.71. The summed E-state index contributed by atoms with van der Waals surface area (Å²) in [6.07, 6.45) is 12.7. The van der Waals surface area contributed by atoms with Crippen LogP contribution in [0.25, 0.3) is 0 Å². The van der Waals surface area contributed by atoms with Gasteiger partial charge >= 0.3 is 6.61 Å². The Labute approximate surface area is 166 Å². The van der Waals surface area contributed by atoms with Gasteiger partial charge in [-0.1, -0.05) is 43.3 Å². The van der Waals surface area contributed by atoms with Gasteiger partial charge in [-0.25, -0.2) is 0 Å². The predicted molar refractivity (Wildman–Crippen MR) is 109 cm³/mol. The van der Waals surface area contributed by atoms with Crippen molar-refractivity contribution in [3.05, 3.63) is 76.4 Å². The van der Waals surface area contributed by atoms with Crippen LogP contribution in [0, 0.1) is 5.92 Å². The molecule has 148 valence electrons. The molecule has 2 atom stereocenters. The van der Waals surface area contributed by atoms with E-state index in [0.717, 1.165) is 25.7 Å². The average molecular weight is 382 g/mol. The van der Waals surface area contributed by atoms with E-state index in [9.17, 15) is 8.78 Å². The van der Waals surface area contributed by atoms with Gasteiger partial charge in [0.1, 0.15) is 5.75 Å². The lowest BCUT2D eigenvalue weighted by molar-refractivity contribution is -0.0498. The second-order valence-electron chi connectivity index (χ2n) is 8.07. The Bertz CT molecular complexity index is 838. The third-order valence-electron chi connectivity index (χ3n) is 6.30. The highest BCUT2D eigenvalue weighted by Gasteiger charge is 2.26. The van der Waals surface area contributed by atoms with Crippen LogP contribution < -0.4 is 4.74 Å². The van der Waals surface area contributed by atoms with Crippen LogP contribution in [-0.2, 0) is 25.7 Å². The molecule has 4 rings (SSSR count). The van der Waals surface area contributed by atoms with Crippen molar-refractivity contribution in [1.82, 2.24) is 0 Å². The van der Waals surface area contributed by atoms with E-state index in [1.807, 2.05) is 12.1 Å². The van der Waals surface area contributed by atoms with Crippen LogP contribution in [0.3, 0.4) is 0 Å². The number of fused-ring (bicyclic) bond motifs is 3. The van der Waals surface area contributed by atoms with E-state index >= 15 is 0 Å². The molecule has 0 saturated carbocycles. The third-order valence-corrected chi connectivity index (χ3v) is 6.30. The molecule has 0 N–H and O–H groups in total. The molecular formula is C25H28F2O. The summed E-state index contributed by atoms with van der Waals surface area (Å²) in [5, 5.41) is 0. The first-order chi connectivity index (χ1) is 13.6. The van der Waals surface area contributed by atoms with E-state index in [0.29, 0.717) is 11.8 Å². The van der Waals surface area contributed by atoms with Crippen molar-refractivity contribution < 1.29 is 13.5 Å². The SMILES string of the molecule is CCC=C[C@H]1CCc2c(ccc3c2CC[C@H](c2ccc(OC(F)F)cc2)C3)C1. The van der Waals surface area contributed by atoms with E-state index in [1.165, 1.54) is 30.4 Å². The minimum atomic E-state index is -2.77. The highest BCUT2D eigenvalue weighted by atomic mass is 19.3. The molecule has 0 aliphatic heterocycles. The summed E-state index contributed by atoms with van der Waals surface area (Å²) >= 11 is 0. The minimum Gasteiger partial charge on any atom is -0.435 e. The van der Waals surface area contributed by atoms with Crippen LogP contribution in [-0.4, -0.2) is 6.61 Å². The van der Waals surface area contributed by atoms with Gasteiger partial charge in [0, 0.05) is 0 Å². The predicted octanol–water partition coefficient (Wildman–Crippen LogP) is 6.63. The Hall–Kier alpha value is -2.16. The summed E-state index contributed by atoms with van der Waals surface area (Å²) in [5.41, 5.74) is 7.44. The molecule has 28 heavy (non-hydrogen) atoms. The van der Waals surface area contributed by atoms with Crippen LogP contribution in [0.4, 0.5) is 8.78 Å². The van der Waals surface area contributed by atoms with Crippen LogP contribution in [0.15, 0.2) is 48.6 Å². The van der Waals surface area contributed by atoms with Gasteiger partial charge in [0.05, 0.1) is 0 Å². The van der Waals surface area contributed by atoms with Gasteiger partial charge in [-0.15, -0.1) is 0 Å². The number of hydrogen-bond donors (Lipinski definition) is 0. The summed E-state index contributed by atoms with van der Waals surface area (Å²) in [6, 6.07) is 11.9. The Morgan fingerprint density at radius 1 is 0.964 bits per heavy atom. The smallest absolute Gasteiger partial charge is 0.387 e. The molecule has 0 heterocycles. The monoisotopic (exact) mass is 382 g/mol. The highest BCUT2D eigenvalue weighted by Crippen LogP contribution is 2.38. The largest absolute Gasteiger partial charge is 0.435 e. The van der Waals surface area contributed by atoms with Crippen molar-refractivity contribution >= 4 is 0 Å². The molecule has 0 bridgehead atoms. The third kappa shape index (κ3) is 4.14. The molecule has 0 unspecified atom stereocenters.